The molecule has 0 unspecified atom stereocenters. The Kier molecular flexibility index (Phi) is 3.28. The summed E-state index contributed by atoms with van der Waals surface area (Å²) in [5.41, 5.74) is 3.97. The molecule has 2 rings (SSSR count). The van der Waals surface area contributed by atoms with E-state index in [9.17, 15) is 5.11 Å². The van der Waals surface area contributed by atoms with Crippen LogP contribution in [0.1, 0.15) is 29.6 Å². The molecule has 0 aromatic carbocycles. The van der Waals surface area contributed by atoms with Gasteiger partial charge in [0.15, 0.2) is 0 Å². The van der Waals surface area contributed by atoms with Gasteiger partial charge in [0.25, 0.3) is 0 Å². The first-order chi connectivity index (χ1) is 8.17. The molecule has 0 spiro atoms. The second kappa shape index (κ2) is 4.71. The van der Waals surface area contributed by atoms with Crippen LogP contribution in [0.3, 0.4) is 0 Å². The molecular weight excluding hydrogens is 216 g/mol. The van der Waals surface area contributed by atoms with Crippen molar-refractivity contribution in [3.63, 3.8) is 0 Å². The van der Waals surface area contributed by atoms with Gasteiger partial charge < -0.3 is 9.67 Å². The predicted molar refractivity (Wildman–Crippen MR) is 64.6 cm³/mol. The van der Waals surface area contributed by atoms with Crippen LogP contribution in [0.2, 0.25) is 0 Å². The molecule has 2 aromatic heterocycles. The van der Waals surface area contributed by atoms with E-state index in [1.165, 1.54) is 0 Å². The van der Waals surface area contributed by atoms with Gasteiger partial charge in [-0.15, -0.1) is 0 Å². The highest BCUT2D eigenvalue weighted by Gasteiger charge is 2.11. The third kappa shape index (κ3) is 2.10. The number of nitrogens with zero attached hydrogens (tertiary/aromatic N) is 4. The van der Waals surface area contributed by atoms with Crippen LogP contribution < -0.4 is 0 Å². The van der Waals surface area contributed by atoms with E-state index in [-0.39, 0.29) is 6.61 Å². The van der Waals surface area contributed by atoms with E-state index in [0.29, 0.717) is 6.54 Å². The number of aliphatic hydroxyl groups excluding tert-OH is 1. The highest BCUT2D eigenvalue weighted by molar-refractivity contribution is 5.24. The molecule has 0 aliphatic heterocycles. The van der Waals surface area contributed by atoms with Crippen LogP contribution >= 0.6 is 0 Å². The zero-order valence-electron chi connectivity index (χ0n) is 10.5. The second-order valence-electron chi connectivity index (χ2n) is 4.14. The summed E-state index contributed by atoms with van der Waals surface area (Å²) in [7, 11) is 0. The number of hydrogen-bond acceptors (Lipinski definition) is 3. The van der Waals surface area contributed by atoms with Gasteiger partial charge in [-0.05, 0) is 20.8 Å². The van der Waals surface area contributed by atoms with Crippen LogP contribution in [0.15, 0.2) is 12.5 Å². The molecule has 92 valence electrons. The summed E-state index contributed by atoms with van der Waals surface area (Å²) in [4.78, 5) is 4.14. The van der Waals surface area contributed by atoms with Crippen LogP contribution in [-0.4, -0.2) is 24.4 Å². The van der Waals surface area contributed by atoms with Gasteiger partial charge in [0, 0.05) is 17.8 Å². The van der Waals surface area contributed by atoms with E-state index in [1.807, 2.05) is 31.1 Å². The molecule has 1 N–H and O–H groups in total. The molecule has 2 aromatic rings. The molecule has 0 radical (unpaired) electrons. The molecular formula is C12H18N4O. The Labute approximate surface area is 101 Å². The van der Waals surface area contributed by atoms with Gasteiger partial charge in [0.2, 0.25) is 0 Å². The van der Waals surface area contributed by atoms with Crippen LogP contribution in [0, 0.1) is 13.8 Å². The second-order valence-corrected chi connectivity index (χ2v) is 4.14. The van der Waals surface area contributed by atoms with Crippen LogP contribution in [0.5, 0.6) is 0 Å². The summed E-state index contributed by atoms with van der Waals surface area (Å²) < 4.78 is 4.01. The fraction of sp³-hybridized carbons (Fsp3) is 0.500. The third-order valence-corrected chi connectivity index (χ3v) is 3.14. The minimum absolute atomic E-state index is 0.0463. The molecule has 2 heterocycles. The fourth-order valence-electron chi connectivity index (χ4n) is 2.03. The molecule has 0 bridgehead atoms. The molecule has 0 fully saturated rings. The molecule has 5 heteroatoms. The highest BCUT2D eigenvalue weighted by Crippen LogP contribution is 2.14. The minimum atomic E-state index is 0.0463. The van der Waals surface area contributed by atoms with Gasteiger partial charge in [-0.1, -0.05) is 0 Å². The zero-order chi connectivity index (χ0) is 12.4. The summed E-state index contributed by atoms with van der Waals surface area (Å²) in [5, 5.41) is 13.7. The average Bonchev–Trinajstić information content (AvgIpc) is 2.85. The van der Waals surface area contributed by atoms with E-state index in [0.717, 1.165) is 29.2 Å². The molecule has 5 nitrogen and oxygen atoms in total. The van der Waals surface area contributed by atoms with Gasteiger partial charge >= 0.3 is 0 Å². The SMILES string of the molecule is CCn1cncc1Cn1nc(C)c(CO)c1C. The van der Waals surface area contributed by atoms with Crippen molar-refractivity contribution < 1.29 is 5.11 Å². The Morgan fingerprint density at radius 3 is 2.71 bits per heavy atom. The lowest BCUT2D eigenvalue weighted by Crippen LogP contribution is -2.09. The maximum Gasteiger partial charge on any atom is 0.0948 e. The lowest BCUT2D eigenvalue weighted by molar-refractivity contribution is 0.280. The van der Waals surface area contributed by atoms with Gasteiger partial charge in [-0.25, -0.2) is 4.98 Å². The summed E-state index contributed by atoms with van der Waals surface area (Å²) in [5.74, 6) is 0. The van der Waals surface area contributed by atoms with Gasteiger partial charge in [0.05, 0.1) is 37.1 Å². The Morgan fingerprint density at radius 2 is 2.12 bits per heavy atom. The van der Waals surface area contributed by atoms with E-state index >= 15 is 0 Å². The topological polar surface area (TPSA) is 55.9 Å². The van der Waals surface area contributed by atoms with Crippen LogP contribution in [0.25, 0.3) is 0 Å². The lowest BCUT2D eigenvalue weighted by atomic mass is 10.2. The first kappa shape index (κ1) is 11.9. The van der Waals surface area contributed by atoms with Crippen molar-refractivity contribution in [1.29, 1.82) is 0 Å². The van der Waals surface area contributed by atoms with E-state index in [1.54, 1.807) is 0 Å². The maximum atomic E-state index is 9.27. The van der Waals surface area contributed by atoms with Gasteiger partial charge in [-0.3, -0.25) is 4.68 Å². The van der Waals surface area contributed by atoms with Crippen molar-refractivity contribution in [3.05, 3.63) is 35.2 Å². The number of aryl methyl sites for hydroxylation is 2. The Hall–Kier alpha value is -1.62. The molecule has 0 saturated carbocycles. The van der Waals surface area contributed by atoms with Crippen LogP contribution in [0.4, 0.5) is 0 Å². The van der Waals surface area contributed by atoms with E-state index < -0.39 is 0 Å². The molecule has 0 amide bonds. The predicted octanol–water partition coefficient (Wildman–Crippen LogP) is 1.26. The Balaban J connectivity index is 2.30. The third-order valence-electron chi connectivity index (χ3n) is 3.14. The summed E-state index contributed by atoms with van der Waals surface area (Å²) in [6.45, 7) is 7.64. The number of imidazole rings is 1. The largest absolute Gasteiger partial charge is 0.392 e. The lowest BCUT2D eigenvalue weighted by Gasteiger charge is -2.07. The summed E-state index contributed by atoms with van der Waals surface area (Å²) in [6, 6.07) is 0. The zero-order valence-corrected chi connectivity index (χ0v) is 10.5. The van der Waals surface area contributed by atoms with Crippen molar-refractivity contribution in [2.75, 3.05) is 0 Å². The number of aliphatic hydroxyl groups is 1. The molecule has 0 aliphatic carbocycles. The molecule has 0 atom stereocenters. The first-order valence-corrected chi connectivity index (χ1v) is 5.80. The van der Waals surface area contributed by atoms with Crippen molar-refractivity contribution >= 4 is 0 Å². The van der Waals surface area contributed by atoms with Crippen LogP contribution in [-0.2, 0) is 19.7 Å². The monoisotopic (exact) mass is 234 g/mol. The standard InChI is InChI=1S/C12H18N4O/c1-4-15-8-13-5-11(15)6-16-10(3)12(7-17)9(2)14-16/h5,8,17H,4,6-7H2,1-3H3. The van der Waals surface area contributed by atoms with Crippen molar-refractivity contribution in [3.8, 4) is 0 Å². The van der Waals surface area contributed by atoms with Crippen molar-refractivity contribution in [2.24, 2.45) is 0 Å². The first-order valence-electron chi connectivity index (χ1n) is 5.80. The van der Waals surface area contributed by atoms with E-state index in [4.69, 9.17) is 0 Å². The normalized spacial score (nSPS) is 11.1. The molecule has 0 saturated heterocycles. The van der Waals surface area contributed by atoms with Gasteiger partial charge in [0.1, 0.15) is 0 Å². The highest BCUT2D eigenvalue weighted by atomic mass is 16.3. The Morgan fingerprint density at radius 1 is 1.35 bits per heavy atom. The fourth-order valence-corrected chi connectivity index (χ4v) is 2.03. The quantitative estimate of drug-likeness (QED) is 0.866. The number of aromatic nitrogens is 4. The van der Waals surface area contributed by atoms with Gasteiger partial charge in [-0.2, -0.15) is 5.10 Å². The minimum Gasteiger partial charge on any atom is -0.392 e. The molecule has 17 heavy (non-hydrogen) atoms. The number of rotatable bonds is 4. The summed E-state index contributed by atoms with van der Waals surface area (Å²) >= 11 is 0. The van der Waals surface area contributed by atoms with Crippen molar-refractivity contribution in [1.82, 2.24) is 19.3 Å². The van der Waals surface area contributed by atoms with Crippen molar-refractivity contribution in [2.45, 2.75) is 40.5 Å². The summed E-state index contributed by atoms with van der Waals surface area (Å²) in [6.07, 6.45) is 3.69. The number of hydrogen-bond donors (Lipinski definition) is 1. The average molecular weight is 234 g/mol. The maximum absolute atomic E-state index is 9.27. The van der Waals surface area contributed by atoms with E-state index in [2.05, 4.69) is 21.6 Å². The Bertz CT molecular complexity index is 513. The molecule has 0 aliphatic rings. The smallest absolute Gasteiger partial charge is 0.0948 e.